The molecule has 0 aromatic rings. The van der Waals surface area contributed by atoms with Crippen molar-refractivity contribution in [2.24, 2.45) is 5.92 Å². The molecule has 19 heavy (non-hydrogen) atoms. The van der Waals surface area contributed by atoms with Crippen LogP contribution in [0.4, 0.5) is 0 Å². The van der Waals surface area contributed by atoms with Crippen molar-refractivity contribution in [1.29, 1.82) is 0 Å². The van der Waals surface area contributed by atoms with Gasteiger partial charge in [-0.3, -0.25) is 9.59 Å². The Labute approximate surface area is 113 Å². The van der Waals surface area contributed by atoms with Crippen LogP contribution in [0.5, 0.6) is 0 Å². The van der Waals surface area contributed by atoms with Gasteiger partial charge in [0, 0.05) is 6.54 Å². The molecular weight excluding hydrogens is 274 g/mol. The molecule has 112 valence electrons. The molecule has 0 heterocycles. The zero-order chi connectivity index (χ0) is 14.9. The number of rotatable bonds is 10. The Morgan fingerprint density at radius 2 is 2.00 bits per heavy atom. The maximum Gasteiger partial charge on any atom is 0.306 e. The normalized spacial score (nSPS) is 12.9. The molecule has 0 rings (SSSR count). The van der Waals surface area contributed by atoms with Gasteiger partial charge in [-0.1, -0.05) is 6.92 Å². The lowest BCUT2D eigenvalue weighted by Crippen LogP contribution is -2.29. The Morgan fingerprint density at radius 3 is 2.53 bits per heavy atom. The van der Waals surface area contributed by atoms with Crippen LogP contribution in [-0.4, -0.2) is 44.4 Å². The number of carboxylic acid groups (broad SMARTS) is 1. The molecule has 0 aliphatic heterocycles. The molecule has 0 aliphatic rings. The number of carbonyl (C=O) groups excluding carboxylic acids is 1. The maximum atomic E-state index is 11.5. The number of sulfonamides is 1. The molecule has 0 bridgehead atoms. The number of carboxylic acids is 1. The Kier molecular flexibility index (Phi) is 8.33. The van der Waals surface area contributed by atoms with Crippen molar-refractivity contribution < 1.29 is 27.9 Å². The lowest BCUT2D eigenvalue weighted by atomic mass is 10.1. The second-order valence-electron chi connectivity index (χ2n) is 4.15. The van der Waals surface area contributed by atoms with Gasteiger partial charge < -0.3 is 9.84 Å². The van der Waals surface area contributed by atoms with Gasteiger partial charge in [-0.2, -0.15) is 0 Å². The average molecular weight is 295 g/mol. The lowest BCUT2D eigenvalue weighted by molar-refractivity contribution is -0.143. The van der Waals surface area contributed by atoms with Gasteiger partial charge in [-0.25, -0.2) is 13.1 Å². The molecule has 1 unspecified atom stereocenters. The predicted octanol–water partition coefficient (Wildman–Crippen LogP) is 0.360. The van der Waals surface area contributed by atoms with Crippen molar-refractivity contribution in [2.75, 3.05) is 18.9 Å². The van der Waals surface area contributed by atoms with E-state index in [9.17, 15) is 18.0 Å². The first kappa shape index (κ1) is 17.8. The number of hydrogen-bond acceptors (Lipinski definition) is 5. The first-order valence-electron chi connectivity index (χ1n) is 6.14. The minimum atomic E-state index is -3.51. The molecule has 7 nitrogen and oxygen atoms in total. The molecule has 0 aromatic heterocycles. The van der Waals surface area contributed by atoms with Crippen LogP contribution in [-0.2, 0) is 24.3 Å². The Morgan fingerprint density at radius 1 is 1.37 bits per heavy atom. The van der Waals surface area contributed by atoms with Crippen molar-refractivity contribution in [3.05, 3.63) is 0 Å². The van der Waals surface area contributed by atoms with Crippen molar-refractivity contribution >= 4 is 22.0 Å². The molecule has 0 amide bonds. The predicted molar refractivity (Wildman–Crippen MR) is 69.1 cm³/mol. The summed E-state index contributed by atoms with van der Waals surface area (Å²) >= 11 is 0. The van der Waals surface area contributed by atoms with Crippen LogP contribution >= 0.6 is 0 Å². The van der Waals surface area contributed by atoms with E-state index in [1.54, 1.807) is 13.8 Å². The summed E-state index contributed by atoms with van der Waals surface area (Å²) in [6.07, 6.45) is 0.649. The van der Waals surface area contributed by atoms with E-state index in [4.69, 9.17) is 5.11 Å². The van der Waals surface area contributed by atoms with E-state index in [1.807, 2.05) is 0 Å². The number of nitrogens with one attached hydrogen (secondary N) is 1. The zero-order valence-corrected chi connectivity index (χ0v) is 12.0. The SMILES string of the molecule is CCOC(=O)CCS(=O)(=O)NCCCC(C)C(=O)O. The largest absolute Gasteiger partial charge is 0.481 e. The fraction of sp³-hybridized carbons (Fsp3) is 0.818. The van der Waals surface area contributed by atoms with Crippen LogP contribution in [0, 0.1) is 5.92 Å². The highest BCUT2D eigenvalue weighted by atomic mass is 32.2. The van der Waals surface area contributed by atoms with Crippen molar-refractivity contribution in [2.45, 2.75) is 33.1 Å². The number of aliphatic carboxylic acids is 1. The van der Waals surface area contributed by atoms with Gasteiger partial charge in [-0.05, 0) is 19.8 Å². The summed E-state index contributed by atoms with van der Waals surface area (Å²) in [5.74, 6) is -2.26. The first-order valence-corrected chi connectivity index (χ1v) is 7.79. The fourth-order valence-electron chi connectivity index (χ4n) is 1.28. The van der Waals surface area contributed by atoms with E-state index >= 15 is 0 Å². The molecular formula is C11H21NO6S. The van der Waals surface area contributed by atoms with Gasteiger partial charge in [0.1, 0.15) is 0 Å². The van der Waals surface area contributed by atoms with Crippen LogP contribution < -0.4 is 4.72 Å². The highest BCUT2D eigenvalue weighted by molar-refractivity contribution is 7.89. The molecule has 2 N–H and O–H groups in total. The Hall–Kier alpha value is -1.15. The number of carbonyl (C=O) groups is 2. The van der Waals surface area contributed by atoms with E-state index in [-0.39, 0.29) is 25.3 Å². The number of ether oxygens (including phenoxy) is 1. The third kappa shape index (κ3) is 9.43. The maximum absolute atomic E-state index is 11.5. The van der Waals surface area contributed by atoms with Gasteiger partial charge >= 0.3 is 11.9 Å². The van der Waals surface area contributed by atoms with E-state index in [2.05, 4.69) is 9.46 Å². The van der Waals surface area contributed by atoms with E-state index in [0.717, 1.165) is 0 Å². The Bertz CT molecular complexity index is 392. The summed E-state index contributed by atoms with van der Waals surface area (Å²) in [4.78, 5) is 21.5. The van der Waals surface area contributed by atoms with E-state index in [0.29, 0.717) is 12.8 Å². The average Bonchev–Trinajstić information content (AvgIpc) is 2.32. The van der Waals surface area contributed by atoms with Crippen LogP contribution in [0.3, 0.4) is 0 Å². The summed E-state index contributed by atoms with van der Waals surface area (Å²) < 4.78 is 29.9. The van der Waals surface area contributed by atoms with Crippen molar-refractivity contribution in [1.82, 2.24) is 4.72 Å². The minimum Gasteiger partial charge on any atom is -0.481 e. The highest BCUT2D eigenvalue weighted by Crippen LogP contribution is 2.04. The van der Waals surface area contributed by atoms with E-state index < -0.39 is 27.9 Å². The molecule has 1 atom stereocenters. The van der Waals surface area contributed by atoms with Crippen LogP contribution in [0.25, 0.3) is 0 Å². The number of hydrogen-bond donors (Lipinski definition) is 2. The first-order chi connectivity index (χ1) is 8.78. The molecule has 0 radical (unpaired) electrons. The molecule has 0 aliphatic carbocycles. The summed E-state index contributed by atoms with van der Waals surface area (Å²) in [7, 11) is -3.51. The summed E-state index contributed by atoms with van der Waals surface area (Å²) in [6, 6.07) is 0. The molecule has 0 fully saturated rings. The topological polar surface area (TPSA) is 110 Å². The fourth-order valence-corrected chi connectivity index (χ4v) is 2.32. The summed E-state index contributed by atoms with van der Waals surface area (Å²) in [5, 5.41) is 8.65. The summed E-state index contributed by atoms with van der Waals surface area (Å²) in [6.45, 7) is 3.61. The second-order valence-corrected chi connectivity index (χ2v) is 6.08. The van der Waals surface area contributed by atoms with Gasteiger partial charge in [0.05, 0.1) is 24.7 Å². The van der Waals surface area contributed by atoms with Gasteiger partial charge in [0.2, 0.25) is 10.0 Å². The monoisotopic (exact) mass is 295 g/mol. The van der Waals surface area contributed by atoms with Crippen LogP contribution in [0.1, 0.15) is 33.1 Å². The Balaban J connectivity index is 3.85. The highest BCUT2D eigenvalue weighted by Gasteiger charge is 2.14. The van der Waals surface area contributed by atoms with Gasteiger partial charge in [-0.15, -0.1) is 0 Å². The smallest absolute Gasteiger partial charge is 0.306 e. The zero-order valence-electron chi connectivity index (χ0n) is 11.2. The van der Waals surface area contributed by atoms with E-state index in [1.165, 1.54) is 0 Å². The minimum absolute atomic E-state index is 0.169. The van der Waals surface area contributed by atoms with Gasteiger partial charge in [0.15, 0.2) is 0 Å². The standard InChI is InChI=1S/C11H21NO6S/c1-3-18-10(13)6-8-19(16,17)12-7-4-5-9(2)11(14)15/h9,12H,3-8H2,1-2H3,(H,14,15). The van der Waals surface area contributed by atoms with Gasteiger partial charge in [0.25, 0.3) is 0 Å². The van der Waals surface area contributed by atoms with Crippen LogP contribution in [0.2, 0.25) is 0 Å². The van der Waals surface area contributed by atoms with Crippen molar-refractivity contribution in [3.8, 4) is 0 Å². The third-order valence-electron chi connectivity index (χ3n) is 2.44. The molecule has 8 heteroatoms. The van der Waals surface area contributed by atoms with Crippen LogP contribution in [0.15, 0.2) is 0 Å². The molecule has 0 aromatic carbocycles. The molecule has 0 saturated heterocycles. The molecule has 0 spiro atoms. The lowest BCUT2D eigenvalue weighted by Gasteiger charge is -2.08. The van der Waals surface area contributed by atoms with Crippen molar-refractivity contribution in [3.63, 3.8) is 0 Å². The summed E-state index contributed by atoms with van der Waals surface area (Å²) in [5.41, 5.74) is 0. The molecule has 0 saturated carbocycles. The number of esters is 1. The quantitative estimate of drug-likeness (QED) is 0.445. The second kappa shape index (κ2) is 8.87. The third-order valence-corrected chi connectivity index (χ3v) is 3.82.